The number of carbonyl (C=O) groups excluding carboxylic acids is 1. The van der Waals surface area contributed by atoms with Crippen molar-refractivity contribution in [3.05, 3.63) is 60.3 Å². The van der Waals surface area contributed by atoms with Gasteiger partial charge in [0.15, 0.2) is 0 Å². The molecule has 1 unspecified atom stereocenters. The van der Waals surface area contributed by atoms with Crippen LogP contribution in [0.4, 0.5) is 19.0 Å². The van der Waals surface area contributed by atoms with Crippen molar-refractivity contribution in [3.8, 4) is 0 Å². The lowest BCUT2D eigenvalue weighted by atomic mass is 10.1. The quantitative estimate of drug-likeness (QED) is 0.830. The Hall–Kier alpha value is -2.77. The average molecular weight is 364 g/mol. The van der Waals surface area contributed by atoms with Gasteiger partial charge in [-0.2, -0.15) is 18.3 Å². The fraction of sp³-hybridized carbons (Fsp3) is 0.333. The molecule has 2 aromatic rings. The Morgan fingerprint density at radius 1 is 1.35 bits per heavy atom. The highest BCUT2D eigenvalue weighted by molar-refractivity contribution is 5.86. The second-order valence-corrected chi connectivity index (χ2v) is 6.27. The first-order valence-corrected chi connectivity index (χ1v) is 8.20. The molecular weight excluding hydrogens is 345 g/mol. The molecular formula is C18H19F3N4O. The Bertz CT molecular complexity index is 800. The van der Waals surface area contributed by atoms with Crippen LogP contribution in [-0.2, 0) is 24.1 Å². The van der Waals surface area contributed by atoms with Gasteiger partial charge in [0.25, 0.3) is 0 Å². The summed E-state index contributed by atoms with van der Waals surface area (Å²) in [5.41, 5.74) is -0.0846. The van der Waals surface area contributed by atoms with Crippen molar-refractivity contribution in [1.29, 1.82) is 0 Å². The molecule has 5 nitrogen and oxygen atoms in total. The third-order valence-electron chi connectivity index (χ3n) is 4.31. The van der Waals surface area contributed by atoms with E-state index in [0.29, 0.717) is 31.7 Å². The average Bonchev–Trinajstić information content (AvgIpc) is 3.08. The monoisotopic (exact) mass is 364 g/mol. The van der Waals surface area contributed by atoms with Crippen molar-refractivity contribution in [2.75, 3.05) is 18.0 Å². The Kier molecular flexibility index (Phi) is 5.01. The zero-order valence-electron chi connectivity index (χ0n) is 14.0. The van der Waals surface area contributed by atoms with Crippen molar-refractivity contribution >= 4 is 11.7 Å². The molecule has 0 bridgehead atoms. The Balaban J connectivity index is 1.76. The summed E-state index contributed by atoms with van der Waals surface area (Å²) >= 11 is 0. The van der Waals surface area contributed by atoms with Crippen LogP contribution in [-0.4, -0.2) is 28.8 Å². The number of benzene rings is 1. The minimum atomic E-state index is -4.36. The van der Waals surface area contributed by atoms with Gasteiger partial charge in [-0.05, 0) is 23.8 Å². The molecule has 0 saturated carbocycles. The minimum Gasteiger partial charge on any atom is -0.352 e. The summed E-state index contributed by atoms with van der Waals surface area (Å²) in [4.78, 5) is 13.4. The second-order valence-electron chi connectivity index (χ2n) is 6.27. The van der Waals surface area contributed by atoms with Crippen LogP contribution in [0.3, 0.4) is 0 Å². The Morgan fingerprint density at radius 3 is 2.88 bits per heavy atom. The maximum absolute atomic E-state index is 12.9. The molecule has 3 rings (SSSR count). The molecule has 1 aromatic heterocycles. The molecule has 0 fully saturated rings. The summed E-state index contributed by atoms with van der Waals surface area (Å²) in [5.74, 6) is 0.700. The fourth-order valence-electron chi connectivity index (χ4n) is 3.10. The first-order chi connectivity index (χ1) is 12.4. The summed E-state index contributed by atoms with van der Waals surface area (Å²) in [7, 11) is 0. The maximum Gasteiger partial charge on any atom is 0.416 e. The smallest absolute Gasteiger partial charge is 0.352 e. The molecule has 1 amide bonds. The van der Waals surface area contributed by atoms with Crippen LogP contribution < -0.4 is 10.2 Å². The highest BCUT2D eigenvalue weighted by Gasteiger charge is 2.31. The number of hydrogen-bond acceptors (Lipinski definition) is 3. The molecule has 8 heteroatoms. The molecule has 2 heterocycles. The largest absolute Gasteiger partial charge is 0.416 e. The van der Waals surface area contributed by atoms with E-state index in [2.05, 4.69) is 17.0 Å². The summed E-state index contributed by atoms with van der Waals surface area (Å²) < 4.78 is 40.6. The normalized spacial score (nSPS) is 16.9. The SMILES string of the molecule is C=CC(=O)NCC1CN(Cc2cccc(C(F)(F)F)c2)c2ccnn2C1. The van der Waals surface area contributed by atoms with E-state index in [1.54, 1.807) is 12.3 Å². The van der Waals surface area contributed by atoms with Gasteiger partial charge in [-0.25, -0.2) is 4.68 Å². The third kappa shape index (κ3) is 4.07. The molecule has 1 atom stereocenters. The predicted octanol–water partition coefficient (Wildman–Crippen LogP) is 2.84. The van der Waals surface area contributed by atoms with E-state index in [1.165, 1.54) is 18.2 Å². The molecule has 0 spiro atoms. The second kappa shape index (κ2) is 7.23. The van der Waals surface area contributed by atoms with E-state index in [-0.39, 0.29) is 11.8 Å². The summed E-state index contributed by atoms with van der Waals surface area (Å²) in [6.07, 6.45) is -1.49. The lowest BCUT2D eigenvalue weighted by molar-refractivity contribution is -0.137. The molecule has 1 N–H and O–H groups in total. The molecule has 1 aliphatic rings. The number of rotatable bonds is 5. The van der Waals surface area contributed by atoms with E-state index in [9.17, 15) is 18.0 Å². The third-order valence-corrected chi connectivity index (χ3v) is 4.31. The van der Waals surface area contributed by atoms with E-state index in [1.807, 2.05) is 15.6 Å². The van der Waals surface area contributed by atoms with Crippen molar-refractivity contribution in [2.24, 2.45) is 5.92 Å². The number of aromatic nitrogens is 2. The Labute approximate surface area is 149 Å². The van der Waals surface area contributed by atoms with Gasteiger partial charge in [0.05, 0.1) is 11.8 Å². The van der Waals surface area contributed by atoms with Gasteiger partial charge in [0.2, 0.25) is 5.91 Å². The van der Waals surface area contributed by atoms with Gasteiger partial charge >= 0.3 is 6.18 Å². The summed E-state index contributed by atoms with van der Waals surface area (Å²) in [5, 5.41) is 7.03. The zero-order chi connectivity index (χ0) is 18.7. The molecule has 0 radical (unpaired) electrons. The van der Waals surface area contributed by atoms with Crippen LogP contribution in [0.25, 0.3) is 0 Å². The van der Waals surface area contributed by atoms with Crippen molar-refractivity contribution in [1.82, 2.24) is 15.1 Å². The minimum absolute atomic E-state index is 0.0945. The van der Waals surface area contributed by atoms with Crippen LogP contribution in [0.15, 0.2) is 49.2 Å². The number of amides is 1. The lowest BCUT2D eigenvalue weighted by Crippen LogP contribution is -2.43. The van der Waals surface area contributed by atoms with Crippen LogP contribution in [0, 0.1) is 5.92 Å². The molecule has 1 aromatic carbocycles. The van der Waals surface area contributed by atoms with Gasteiger partial charge < -0.3 is 10.2 Å². The van der Waals surface area contributed by atoms with Crippen LogP contribution in [0.5, 0.6) is 0 Å². The number of halogens is 3. The van der Waals surface area contributed by atoms with E-state index < -0.39 is 11.7 Å². The predicted molar refractivity (Wildman–Crippen MR) is 91.4 cm³/mol. The lowest BCUT2D eigenvalue weighted by Gasteiger charge is -2.35. The number of nitrogens with zero attached hydrogens (tertiary/aromatic N) is 3. The summed E-state index contributed by atoms with van der Waals surface area (Å²) in [6, 6.07) is 7.17. The fourth-order valence-corrected chi connectivity index (χ4v) is 3.10. The highest BCUT2D eigenvalue weighted by atomic mass is 19.4. The van der Waals surface area contributed by atoms with Gasteiger partial charge in [0.1, 0.15) is 5.82 Å². The number of hydrogen-bond donors (Lipinski definition) is 1. The zero-order valence-corrected chi connectivity index (χ0v) is 14.0. The van der Waals surface area contributed by atoms with Crippen molar-refractivity contribution in [2.45, 2.75) is 19.3 Å². The van der Waals surface area contributed by atoms with Crippen LogP contribution >= 0.6 is 0 Å². The number of anilines is 1. The Morgan fingerprint density at radius 2 is 2.15 bits per heavy atom. The number of nitrogens with one attached hydrogen (secondary N) is 1. The highest BCUT2D eigenvalue weighted by Crippen LogP contribution is 2.31. The topological polar surface area (TPSA) is 50.2 Å². The molecule has 1 aliphatic heterocycles. The molecule has 138 valence electrons. The number of fused-ring (bicyclic) bond motifs is 1. The first-order valence-electron chi connectivity index (χ1n) is 8.20. The number of alkyl halides is 3. The molecule has 0 saturated heterocycles. The maximum atomic E-state index is 12.9. The van der Waals surface area contributed by atoms with Gasteiger partial charge in [0, 0.05) is 38.2 Å². The van der Waals surface area contributed by atoms with E-state index >= 15 is 0 Å². The van der Waals surface area contributed by atoms with Crippen LogP contribution in [0.2, 0.25) is 0 Å². The van der Waals surface area contributed by atoms with Gasteiger partial charge in [-0.15, -0.1) is 0 Å². The number of carbonyl (C=O) groups is 1. The van der Waals surface area contributed by atoms with Gasteiger partial charge in [-0.1, -0.05) is 18.7 Å². The van der Waals surface area contributed by atoms with Gasteiger partial charge in [-0.3, -0.25) is 4.79 Å². The first kappa shape index (κ1) is 18.0. The molecule has 0 aliphatic carbocycles. The van der Waals surface area contributed by atoms with Crippen molar-refractivity contribution in [3.63, 3.8) is 0 Å². The van der Waals surface area contributed by atoms with Crippen molar-refractivity contribution < 1.29 is 18.0 Å². The molecule has 26 heavy (non-hydrogen) atoms. The summed E-state index contributed by atoms with van der Waals surface area (Å²) in [6.45, 7) is 5.45. The van der Waals surface area contributed by atoms with E-state index in [0.717, 1.165) is 11.9 Å². The van der Waals surface area contributed by atoms with E-state index in [4.69, 9.17) is 0 Å². The van der Waals surface area contributed by atoms with Crippen LogP contribution in [0.1, 0.15) is 11.1 Å². The standard InChI is InChI=1S/C18H19F3N4O/c1-2-16(26)22-9-14-11-24(17-6-7-23-25(17)12-14)10-13-4-3-5-15(8-13)18(19,20)21/h2-8,14H,1,9-12H2,(H,22,26).